The van der Waals surface area contributed by atoms with Crippen LogP contribution in [0.25, 0.3) is 22.4 Å². The van der Waals surface area contributed by atoms with Crippen molar-refractivity contribution >= 4 is 28.8 Å². The highest BCUT2D eigenvalue weighted by atomic mass is 32.2. The smallest absolute Gasteiger partial charge is 0.326 e. The number of imidazole rings is 1. The molecule has 0 aliphatic heterocycles. The molecule has 4 rings (SSSR count). The summed E-state index contributed by atoms with van der Waals surface area (Å²) >= 11 is 1.71. The predicted octanol–water partition coefficient (Wildman–Crippen LogP) is 5.55. The third kappa shape index (κ3) is 4.09. The highest BCUT2D eigenvalue weighted by Gasteiger charge is 2.23. The fourth-order valence-electron chi connectivity index (χ4n) is 4.03. The number of benzene rings is 2. The normalized spacial score (nSPS) is 19.6. The first-order valence-corrected chi connectivity index (χ1v) is 11.2. The zero-order valence-electron chi connectivity index (χ0n) is 16.4. The molecule has 3 aromatic rings. The number of ether oxygens (including phenoxy) is 1. The number of carbonyl (C=O) groups excluding carboxylic acids is 1. The number of carbonyl (C=O) groups is 1. The molecule has 0 amide bonds. The van der Waals surface area contributed by atoms with Gasteiger partial charge in [0.15, 0.2) is 0 Å². The molecule has 1 aliphatic carbocycles. The Kier molecular flexibility index (Phi) is 5.72. The van der Waals surface area contributed by atoms with Crippen LogP contribution in [0.4, 0.5) is 0 Å². The van der Waals surface area contributed by atoms with Gasteiger partial charge < -0.3 is 9.30 Å². The van der Waals surface area contributed by atoms with Gasteiger partial charge in [0.1, 0.15) is 18.5 Å². The Morgan fingerprint density at radius 1 is 1.18 bits per heavy atom. The van der Waals surface area contributed by atoms with E-state index in [9.17, 15) is 4.79 Å². The Labute approximate surface area is 170 Å². The van der Waals surface area contributed by atoms with E-state index in [0.29, 0.717) is 5.92 Å². The third-order valence-electron chi connectivity index (χ3n) is 5.48. The van der Waals surface area contributed by atoms with E-state index in [1.807, 2.05) is 28.8 Å². The zero-order chi connectivity index (χ0) is 19.5. The predicted molar refractivity (Wildman–Crippen MR) is 114 cm³/mol. The van der Waals surface area contributed by atoms with Gasteiger partial charge in [-0.3, -0.25) is 4.79 Å². The maximum atomic E-state index is 12.7. The van der Waals surface area contributed by atoms with Crippen LogP contribution < -0.4 is 0 Å². The molecule has 146 valence electrons. The van der Waals surface area contributed by atoms with Crippen molar-refractivity contribution < 1.29 is 9.53 Å². The van der Waals surface area contributed by atoms with Crippen molar-refractivity contribution in [3.05, 3.63) is 48.5 Å². The largest absolute Gasteiger partial charge is 0.461 e. The van der Waals surface area contributed by atoms with Crippen molar-refractivity contribution in [3.8, 4) is 11.4 Å². The second kappa shape index (κ2) is 8.39. The van der Waals surface area contributed by atoms with Gasteiger partial charge in [-0.25, -0.2) is 4.98 Å². The van der Waals surface area contributed by atoms with Crippen molar-refractivity contribution in [1.29, 1.82) is 0 Å². The highest BCUT2D eigenvalue weighted by molar-refractivity contribution is 7.98. The molecule has 2 unspecified atom stereocenters. The summed E-state index contributed by atoms with van der Waals surface area (Å²) in [4.78, 5) is 18.7. The maximum absolute atomic E-state index is 12.7. The van der Waals surface area contributed by atoms with E-state index in [0.717, 1.165) is 41.7 Å². The average molecular weight is 395 g/mol. The number of rotatable bonds is 5. The SMILES string of the molecule is CSc1ccc(-c2nc3ccccc3n2CC(=O)OC2CCCC(C)C2)cc1. The molecule has 0 bridgehead atoms. The summed E-state index contributed by atoms with van der Waals surface area (Å²) in [6.07, 6.45) is 6.43. The molecule has 5 heteroatoms. The molecule has 0 radical (unpaired) electrons. The van der Waals surface area contributed by atoms with Gasteiger partial charge >= 0.3 is 5.97 Å². The van der Waals surface area contributed by atoms with Gasteiger partial charge in [-0.2, -0.15) is 0 Å². The van der Waals surface area contributed by atoms with Crippen LogP contribution in [-0.4, -0.2) is 27.9 Å². The Morgan fingerprint density at radius 2 is 1.96 bits per heavy atom. The summed E-state index contributed by atoms with van der Waals surface area (Å²) in [5, 5.41) is 0. The molecular weight excluding hydrogens is 368 g/mol. The van der Waals surface area contributed by atoms with Gasteiger partial charge in [0.05, 0.1) is 11.0 Å². The van der Waals surface area contributed by atoms with E-state index in [-0.39, 0.29) is 18.6 Å². The Balaban J connectivity index is 1.62. The van der Waals surface area contributed by atoms with Crippen LogP contribution in [0.2, 0.25) is 0 Å². The monoisotopic (exact) mass is 394 g/mol. The van der Waals surface area contributed by atoms with E-state index in [1.54, 1.807) is 11.8 Å². The van der Waals surface area contributed by atoms with Crippen LogP contribution in [0.5, 0.6) is 0 Å². The first-order valence-electron chi connectivity index (χ1n) is 9.93. The van der Waals surface area contributed by atoms with Crippen molar-refractivity contribution in [2.24, 2.45) is 5.92 Å². The van der Waals surface area contributed by atoms with E-state index in [2.05, 4.69) is 37.4 Å². The summed E-state index contributed by atoms with van der Waals surface area (Å²) in [5.41, 5.74) is 2.86. The molecule has 4 nitrogen and oxygen atoms in total. The molecule has 1 saturated carbocycles. The molecule has 2 atom stereocenters. The van der Waals surface area contributed by atoms with Gasteiger partial charge in [-0.15, -0.1) is 11.8 Å². The second-order valence-electron chi connectivity index (χ2n) is 7.62. The van der Waals surface area contributed by atoms with Gasteiger partial charge in [-0.1, -0.05) is 37.6 Å². The van der Waals surface area contributed by atoms with E-state index >= 15 is 0 Å². The van der Waals surface area contributed by atoms with Gasteiger partial charge in [0.2, 0.25) is 0 Å². The fourth-order valence-corrected chi connectivity index (χ4v) is 4.44. The van der Waals surface area contributed by atoms with E-state index in [4.69, 9.17) is 9.72 Å². The van der Waals surface area contributed by atoms with Crippen LogP contribution in [-0.2, 0) is 16.1 Å². The molecule has 1 aromatic heterocycles. The van der Waals surface area contributed by atoms with Crippen molar-refractivity contribution in [1.82, 2.24) is 9.55 Å². The summed E-state index contributed by atoms with van der Waals surface area (Å²) < 4.78 is 7.80. The molecule has 1 heterocycles. The molecule has 0 N–H and O–H groups in total. The third-order valence-corrected chi connectivity index (χ3v) is 6.22. The van der Waals surface area contributed by atoms with Crippen molar-refractivity contribution in [2.45, 2.75) is 50.2 Å². The Morgan fingerprint density at radius 3 is 2.71 bits per heavy atom. The van der Waals surface area contributed by atoms with Gasteiger partial charge in [0, 0.05) is 10.5 Å². The molecule has 0 saturated heterocycles. The number of fused-ring (bicyclic) bond motifs is 1. The number of hydrogen-bond acceptors (Lipinski definition) is 4. The summed E-state index contributed by atoms with van der Waals surface area (Å²) in [6, 6.07) is 16.3. The van der Waals surface area contributed by atoms with Crippen molar-refractivity contribution in [2.75, 3.05) is 6.26 Å². The van der Waals surface area contributed by atoms with Crippen LogP contribution in [0.3, 0.4) is 0 Å². The molecule has 2 aromatic carbocycles. The fraction of sp³-hybridized carbons (Fsp3) is 0.391. The van der Waals surface area contributed by atoms with Gasteiger partial charge in [-0.05, 0) is 55.7 Å². The second-order valence-corrected chi connectivity index (χ2v) is 8.50. The lowest BCUT2D eigenvalue weighted by Gasteiger charge is -2.26. The molecule has 1 aliphatic rings. The summed E-state index contributed by atoms with van der Waals surface area (Å²) in [5.74, 6) is 1.26. The van der Waals surface area contributed by atoms with Crippen LogP contribution in [0.1, 0.15) is 32.6 Å². The molecular formula is C23H26N2O2S. The lowest BCUT2D eigenvalue weighted by molar-refractivity contribution is -0.151. The average Bonchev–Trinajstić information content (AvgIpc) is 3.06. The topological polar surface area (TPSA) is 44.1 Å². The maximum Gasteiger partial charge on any atom is 0.326 e. The zero-order valence-corrected chi connectivity index (χ0v) is 17.2. The molecule has 1 fully saturated rings. The van der Waals surface area contributed by atoms with E-state index in [1.165, 1.54) is 11.3 Å². The van der Waals surface area contributed by atoms with Crippen LogP contribution in [0.15, 0.2) is 53.4 Å². The minimum absolute atomic E-state index is 0.0512. The lowest BCUT2D eigenvalue weighted by atomic mass is 9.89. The van der Waals surface area contributed by atoms with Crippen LogP contribution in [0, 0.1) is 5.92 Å². The first kappa shape index (κ1) is 19.1. The number of nitrogens with zero attached hydrogens (tertiary/aromatic N) is 2. The molecule has 28 heavy (non-hydrogen) atoms. The number of hydrogen-bond donors (Lipinski definition) is 0. The van der Waals surface area contributed by atoms with E-state index < -0.39 is 0 Å². The summed E-state index contributed by atoms with van der Waals surface area (Å²) in [6.45, 7) is 2.42. The number of thioether (sulfide) groups is 1. The Hall–Kier alpha value is -2.27. The number of para-hydroxylation sites is 2. The standard InChI is InChI=1S/C23H26N2O2S/c1-16-6-5-7-18(14-16)27-22(26)15-25-21-9-4-3-8-20(21)24-23(25)17-10-12-19(28-2)13-11-17/h3-4,8-13,16,18H,5-7,14-15H2,1-2H3. The number of aromatic nitrogens is 2. The lowest BCUT2D eigenvalue weighted by Crippen LogP contribution is -2.26. The summed E-state index contributed by atoms with van der Waals surface area (Å²) in [7, 11) is 0. The van der Waals surface area contributed by atoms with Gasteiger partial charge in [0.25, 0.3) is 0 Å². The minimum atomic E-state index is -0.177. The molecule has 0 spiro atoms. The van der Waals surface area contributed by atoms with Crippen LogP contribution >= 0.6 is 11.8 Å². The van der Waals surface area contributed by atoms with Crippen molar-refractivity contribution in [3.63, 3.8) is 0 Å². The highest BCUT2D eigenvalue weighted by Crippen LogP contribution is 2.28. The minimum Gasteiger partial charge on any atom is -0.461 e. The number of esters is 1. The Bertz CT molecular complexity index is 964. The quantitative estimate of drug-likeness (QED) is 0.420. The first-order chi connectivity index (χ1) is 13.6.